The molecule has 2 N–H and O–H groups in total. The minimum atomic E-state index is -0.331. The molecule has 2 heterocycles. The van der Waals surface area contributed by atoms with E-state index in [1.807, 2.05) is 41.8 Å². The highest BCUT2D eigenvalue weighted by molar-refractivity contribution is 7.14. The van der Waals surface area contributed by atoms with Crippen molar-refractivity contribution in [1.82, 2.24) is 10.3 Å². The van der Waals surface area contributed by atoms with Crippen molar-refractivity contribution in [1.29, 1.82) is 0 Å². The van der Waals surface area contributed by atoms with E-state index in [1.54, 1.807) is 19.2 Å². The Labute approximate surface area is 170 Å². The maximum Gasteiger partial charge on any atom is 0.321 e. The quantitative estimate of drug-likeness (QED) is 0.450. The third-order valence-corrected chi connectivity index (χ3v) is 5.08. The molecule has 8 heteroatoms. The van der Waals surface area contributed by atoms with Gasteiger partial charge in [0.2, 0.25) is 0 Å². The van der Waals surface area contributed by atoms with Crippen molar-refractivity contribution >= 4 is 45.1 Å². The first-order chi connectivity index (χ1) is 13.6. The summed E-state index contributed by atoms with van der Waals surface area (Å²) in [5, 5.41) is 9.42. The van der Waals surface area contributed by atoms with Crippen LogP contribution < -0.4 is 15.4 Å². The van der Waals surface area contributed by atoms with E-state index in [0.717, 1.165) is 10.9 Å². The van der Waals surface area contributed by atoms with Gasteiger partial charge in [-0.2, -0.15) is 0 Å². The number of amides is 2. The molecule has 2 aromatic heterocycles. The number of methoxy groups -OCH3 is 1. The molecular weight excluding hydrogens is 398 g/mol. The summed E-state index contributed by atoms with van der Waals surface area (Å²) in [5.74, 6) is 1.28. The normalized spacial score (nSPS) is 10.8. The maximum atomic E-state index is 12.1. The van der Waals surface area contributed by atoms with Gasteiger partial charge in [-0.15, -0.1) is 11.3 Å². The van der Waals surface area contributed by atoms with Gasteiger partial charge in [0.1, 0.15) is 5.69 Å². The van der Waals surface area contributed by atoms with Crippen molar-refractivity contribution < 1.29 is 13.9 Å². The largest absolute Gasteiger partial charge is 0.493 e. The topological polar surface area (TPSA) is 76.4 Å². The molecule has 0 aliphatic carbocycles. The van der Waals surface area contributed by atoms with Gasteiger partial charge in [0.25, 0.3) is 0 Å². The lowest BCUT2D eigenvalue weighted by molar-refractivity contribution is 0.251. The minimum absolute atomic E-state index is 0.331. The van der Waals surface area contributed by atoms with Gasteiger partial charge in [0.15, 0.2) is 22.2 Å². The maximum absolute atomic E-state index is 12.1. The Morgan fingerprint density at radius 3 is 2.86 bits per heavy atom. The van der Waals surface area contributed by atoms with E-state index in [-0.39, 0.29) is 6.03 Å². The average molecular weight is 414 g/mol. The summed E-state index contributed by atoms with van der Waals surface area (Å²) in [5.41, 5.74) is 2.27. The molecule has 0 unspecified atom stereocenters. The van der Waals surface area contributed by atoms with E-state index < -0.39 is 0 Å². The number of carbonyl (C=O) groups excluding carboxylic acids is 1. The molecule has 0 aliphatic rings. The molecule has 4 aromatic rings. The van der Waals surface area contributed by atoms with Crippen molar-refractivity contribution in [2.24, 2.45) is 0 Å². The number of halogens is 1. The molecule has 0 bridgehead atoms. The zero-order chi connectivity index (χ0) is 19.5. The number of nitrogens with zero attached hydrogens (tertiary/aromatic N) is 1. The molecule has 2 aromatic carbocycles. The number of anilines is 1. The lowest BCUT2D eigenvalue weighted by atomic mass is 10.2. The van der Waals surface area contributed by atoms with Gasteiger partial charge in [-0.25, -0.2) is 9.78 Å². The summed E-state index contributed by atoms with van der Waals surface area (Å²) in [7, 11) is 1.60. The summed E-state index contributed by atoms with van der Waals surface area (Å²) in [6.45, 7) is 0.393. The monoisotopic (exact) mass is 413 g/mol. The molecule has 6 nitrogen and oxygen atoms in total. The van der Waals surface area contributed by atoms with Crippen LogP contribution in [0.3, 0.4) is 0 Å². The van der Waals surface area contributed by atoms with Crippen LogP contribution in [-0.2, 0) is 6.54 Å². The first-order valence-corrected chi connectivity index (χ1v) is 9.70. The van der Waals surface area contributed by atoms with E-state index in [0.29, 0.717) is 39.5 Å². The van der Waals surface area contributed by atoms with Gasteiger partial charge >= 0.3 is 6.03 Å². The second kappa shape index (κ2) is 7.92. The molecule has 0 aliphatic heterocycles. The first kappa shape index (κ1) is 18.3. The molecule has 0 saturated carbocycles. The number of hydrogen-bond acceptors (Lipinski definition) is 5. The van der Waals surface area contributed by atoms with Crippen LogP contribution in [-0.4, -0.2) is 18.1 Å². The van der Waals surface area contributed by atoms with E-state index in [9.17, 15) is 4.79 Å². The molecule has 0 atom stereocenters. The van der Waals surface area contributed by atoms with Crippen molar-refractivity contribution in [3.05, 3.63) is 64.5 Å². The molecule has 28 heavy (non-hydrogen) atoms. The van der Waals surface area contributed by atoms with Crippen LogP contribution in [0.4, 0.5) is 9.93 Å². The Hall–Kier alpha value is -3.03. The van der Waals surface area contributed by atoms with Crippen molar-refractivity contribution in [2.45, 2.75) is 6.54 Å². The Bertz CT molecular complexity index is 1120. The minimum Gasteiger partial charge on any atom is -0.493 e. The molecule has 2 amide bonds. The van der Waals surface area contributed by atoms with Crippen LogP contribution in [0.1, 0.15) is 5.56 Å². The number of furan rings is 1. The fourth-order valence-electron chi connectivity index (χ4n) is 2.69. The van der Waals surface area contributed by atoms with Crippen LogP contribution in [0.5, 0.6) is 5.75 Å². The number of urea groups is 1. The number of thiazole rings is 1. The number of rotatable bonds is 5. The van der Waals surface area contributed by atoms with Crippen molar-refractivity contribution in [3.8, 4) is 17.2 Å². The summed E-state index contributed by atoms with van der Waals surface area (Å²) in [4.78, 5) is 16.5. The Morgan fingerprint density at radius 1 is 1.25 bits per heavy atom. The fourth-order valence-corrected chi connectivity index (χ4v) is 3.51. The predicted molar refractivity (Wildman–Crippen MR) is 111 cm³/mol. The third kappa shape index (κ3) is 3.95. The number of carbonyl (C=O) groups is 1. The second-order valence-electron chi connectivity index (χ2n) is 5.96. The Balaban J connectivity index is 1.42. The highest BCUT2D eigenvalue weighted by Crippen LogP contribution is 2.34. The smallest absolute Gasteiger partial charge is 0.321 e. The summed E-state index contributed by atoms with van der Waals surface area (Å²) in [6, 6.07) is 14.5. The highest BCUT2D eigenvalue weighted by atomic mass is 35.5. The third-order valence-electron chi connectivity index (χ3n) is 4.07. The summed E-state index contributed by atoms with van der Waals surface area (Å²) in [6.07, 6.45) is 0. The van der Waals surface area contributed by atoms with Crippen LogP contribution in [0.2, 0.25) is 5.02 Å². The molecule has 142 valence electrons. The second-order valence-corrected chi connectivity index (χ2v) is 7.26. The number of nitrogens with one attached hydrogen (secondary N) is 2. The highest BCUT2D eigenvalue weighted by Gasteiger charge is 2.14. The number of ether oxygens (including phenoxy) is 1. The van der Waals surface area contributed by atoms with E-state index in [2.05, 4.69) is 15.6 Å². The zero-order valence-corrected chi connectivity index (χ0v) is 16.4. The predicted octanol–water partition coefficient (Wildman–Crippen LogP) is 5.54. The number of aromatic nitrogens is 1. The van der Waals surface area contributed by atoms with Crippen molar-refractivity contribution in [3.63, 3.8) is 0 Å². The molecule has 0 saturated heterocycles. The van der Waals surface area contributed by atoms with Crippen LogP contribution in [0.15, 0.2) is 58.3 Å². The van der Waals surface area contributed by atoms with Gasteiger partial charge in [-0.05, 0) is 29.8 Å². The lowest BCUT2D eigenvalue weighted by Crippen LogP contribution is -2.28. The van der Waals surface area contributed by atoms with Crippen LogP contribution in [0.25, 0.3) is 22.4 Å². The molecule has 0 radical (unpaired) electrons. The van der Waals surface area contributed by atoms with E-state index in [4.69, 9.17) is 20.8 Å². The molecule has 4 rings (SSSR count). The molecule has 0 fully saturated rings. The van der Waals surface area contributed by atoms with Gasteiger partial charge in [-0.1, -0.05) is 35.9 Å². The van der Waals surface area contributed by atoms with Gasteiger partial charge in [0.05, 0.1) is 7.11 Å². The fraction of sp³-hybridized carbons (Fsp3) is 0.100. The summed E-state index contributed by atoms with van der Waals surface area (Å²) >= 11 is 7.18. The molecule has 0 spiro atoms. The van der Waals surface area contributed by atoms with Gasteiger partial charge in [0, 0.05) is 22.3 Å². The number of hydrogen-bond donors (Lipinski definition) is 2. The number of para-hydroxylation sites is 1. The lowest BCUT2D eigenvalue weighted by Gasteiger charge is -2.05. The van der Waals surface area contributed by atoms with Crippen LogP contribution >= 0.6 is 22.9 Å². The Morgan fingerprint density at radius 2 is 2.07 bits per heavy atom. The number of benzene rings is 2. The SMILES string of the molecule is COc1cccc2cc(-c3csc(NC(=O)NCc4ccc(Cl)cc4)n3)oc12. The number of fused-ring (bicyclic) bond motifs is 1. The van der Waals surface area contributed by atoms with Gasteiger partial charge in [-0.3, -0.25) is 5.32 Å². The molecular formula is C20H16ClN3O3S. The average Bonchev–Trinajstić information content (AvgIpc) is 3.34. The van der Waals surface area contributed by atoms with Crippen LogP contribution in [0, 0.1) is 0 Å². The van der Waals surface area contributed by atoms with E-state index >= 15 is 0 Å². The zero-order valence-electron chi connectivity index (χ0n) is 14.9. The standard InChI is InChI=1S/C20H16ClN3O3S/c1-26-16-4-2-3-13-9-17(27-18(13)16)15-11-28-20(23-15)24-19(25)22-10-12-5-7-14(21)8-6-12/h2-9,11H,10H2,1H3,(H2,22,23,24,25). The van der Waals surface area contributed by atoms with Crippen molar-refractivity contribution in [2.75, 3.05) is 12.4 Å². The van der Waals surface area contributed by atoms with E-state index in [1.165, 1.54) is 11.3 Å². The summed E-state index contributed by atoms with van der Waals surface area (Å²) < 4.78 is 11.2. The van der Waals surface area contributed by atoms with Gasteiger partial charge < -0.3 is 14.5 Å². The Kier molecular flexibility index (Phi) is 5.18. The first-order valence-electron chi connectivity index (χ1n) is 8.44.